The van der Waals surface area contributed by atoms with Crippen LogP contribution in [0.25, 0.3) is 0 Å². The maximum absolute atomic E-state index is 6.24. The number of hydrogen-bond acceptors (Lipinski definition) is 1. The monoisotopic (exact) mass is 313 g/mol. The molecule has 1 N–H and O–H groups in total. The summed E-state index contributed by atoms with van der Waals surface area (Å²) >= 11 is 12.3. The van der Waals surface area contributed by atoms with E-state index in [9.17, 15) is 0 Å². The molecule has 1 aromatic carbocycles. The second-order valence-corrected chi connectivity index (χ2v) is 7.88. The topological polar surface area (TPSA) is 12.0 Å². The molecule has 1 fully saturated rings. The SMILES string of the molecule is CC(C)(C)C1CCCC(Nc2cc(Cl)ccc2Cl)CC1. The maximum Gasteiger partial charge on any atom is 0.0638 e. The van der Waals surface area contributed by atoms with E-state index < -0.39 is 0 Å². The number of halogens is 2. The minimum absolute atomic E-state index is 0.419. The quantitative estimate of drug-likeness (QED) is 0.623. The normalized spacial score (nSPS) is 24.2. The minimum atomic E-state index is 0.419. The van der Waals surface area contributed by atoms with E-state index in [0.717, 1.165) is 21.7 Å². The summed E-state index contributed by atoms with van der Waals surface area (Å²) < 4.78 is 0. The van der Waals surface area contributed by atoms with Crippen LogP contribution in [0.3, 0.4) is 0 Å². The van der Waals surface area contributed by atoms with Gasteiger partial charge in [-0.3, -0.25) is 0 Å². The molecule has 112 valence electrons. The number of anilines is 1. The lowest BCUT2D eigenvalue weighted by molar-refractivity contribution is 0.214. The zero-order chi connectivity index (χ0) is 14.8. The highest BCUT2D eigenvalue weighted by Gasteiger charge is 2.27. The lowest BCUT2D eigenvalue weighted by Gasteiger charge is -2.29. The Hall–Kier alpha value is -0.400. The van der Waals surface area contributed by atoms with Crippen molar-refractivity contribution in [3.63, 3.8) is 0 Å². The van der Waals surface area contributed by atoms with Crippen molar-refractivity contribution in [2.24, 2.45) is 11.3 Å². The molecule has 0 saturated heterocycles. The standard InChI is InChI=1S/C17H25Cl2N/c1-17(2,3)12-5-4-6-14(9-7-12)20-16-11-13(18)8-10-15(16)19/h8,10-12,14,20H,4-7,9H2,1-3H3. The van der Waals surface area contributed by atoms with Gasteiger partial charge in [-0.05, 0) is 55.2 Å². The van der Waals surface area contributed by atoms with E-state index in [0.29, 0.717) is 11.5 Å². The Kier molecular flexibility index (Phi) is 5.25. The Bertz CT molecular complexity index is 451. The molecule has 0 amide bonds. The van der Waals surface area contributed by atoms with Crippen LogP contribution in [0, 0.1) is 11.3 Å². The molecule has 0 bridgehead atoms. The molecule has 2 rings (SSSR count). The van der Waals surface area contributed by atoms with Gasteiger partial charge in [0, 0.05) is 11.1 Å². The molecule has 3 heteroatoms. The lowest BCUT2D eigenvalue weighted by Crippen LogP contribution is -2.21. The van der Waals surface area contributed by atoms with Crippen LogP contribution in [-0.4, -0.2) is 6.04 Å². The fourth-order valence-electron chi connectivity index (χ4n) is 3.14. The van der Waals surface area contributed by atoms with E-state index in [1.165, 1.54) is 32.1 Å². The third-order valence-corrected chi connectivity index (χ3v) is 5.05. The highest BCUT2D eigenvalue weighted by molar-refractivity contribution is 6.35. The van der Waals surface area contributed by atoms with E-state index in [-0.39, 0.29) is 0 Å². The summed E-state index contributed by atoms with van der Waals surface area (Å²) in [6.45, 7) is 7.08. The first-order valence-electron chi connectivity index (χ1n) is 7.58. The first-order valence-corrected chi connectivity index (χ1v) is 8.33. The second-order valence-electron chi connectivity index (χ2n) is 7.04. The van der Waals surface area contributed by atoms with Gasteiger partial charge < -0.3 is 5.32 Å². The third kappa shape index (κ3) is 4.30. The van der Waals surface area contributed by atoms with Crippen LogP contribution in [0.5, 0.6) is 0 Å². The number of nitrogens with one attached hydrogen (secondary N) is 1. The van der Waals surface area contributed by atoms with Gasteiger partial charge in [-0.25, -0.2) is 0 Å². The smallest absolute Gasteiger partial charge is 0.0638 e. The Labute approximate surface area is 133 Å². The average Bonchev–Trinajstić information content (AvgIpc) is 2.59. The van der Waals surface area contributed by atoms with E-state index in [4.69, 9.17) is 23.2 Å². The predicted octanol–water partition coefficient (Wildman–Crippen LogP) is 6.40. The van der Waals surface area contributed by atoms with Crippen molar-refractivity contribution in [3.05, 3.63) is 28.2 Å². The molecule has 1 aliphatic rings. The van der Waals surface area contributed by atoms with Crippen molar-refractivity contribution in [1.29, 1.82) is 0 Å². The largest absolute Gasteiger partial charge is 0.381 e. The van der Waals surface area contributed by atoms with E-state index in [1.807, 2.05) is 18.2 Å². The molecule has 1 aromatic rings. The van der Waals surface area contributed by atoms with Crippen LogP contribution in [0.15, 0.2) is 18.2 Å². The van der Waals surface area contributed by atoms with Crippen molar-refractivity contribution in [2.75, 3.05) is 5.32 Å². The molecule has 2 unspecified atom stereocenters. The zero-order valence-electron chi connectivity index (χ0n) is 12.7. The van der Waals surface area contributed by atoms with E-state index in [2.05, 4.69) is 26.1 Å². The molecular weight excluding hydrogens is 289 g/mol. The molecule has 0 aliphatic heterocycles. The van der Waals surface area contributed by atoms with Gasteiger partial charge in [0.25, 0.3) is 0 Å². The van der Waals surface area contributed by atoms with Gasteiger partial charge in [-0.15, -0.1) is 0 Å². The van der Waals surface area contributed by atoms with Gasteiger partial charge >= 0.3 is 0 Å². The third-order valence-electron chi connectivity index (χ3n) is 4.48. The van der Waals surface area contributed by atoms with E-state index in [1.54, 1.807) is 0 Å². The molecule has 2 atom stereocenters. The lowest BCUT2D eigenvalue weighted by atomic mass is 9.76. The van der Waals surface area contributed by atoms with Crippen molar-refractivity contribution >= 4 is 28.9 Å². The number of hydrogen-bond donors (Lipinski definition) is 1. The van der Waals surface area contributed by atoms with Gasteiger partial charge in [-0.1, -0.05) is 50.4 Å². The van der Waals surface area contributed by atoms with Crippen LogP contribution in [0.1, 0.15) is 52.9 Å². The van der Waals surface area contributed by atoms with Crippen LogP contribution in [0.2, 0.25) is 10.0 Å². The van der Waals surface area contributed by atoms with Crippen molar-refractivity contribution < 1.29 is 0 Å². The van der Waals surface area contributed by atoms with E-state index >= 15 is 0 Å². The summed E-state index contributed by atoms with van der Waals surface area (Å²) in [6, 6.07) is 6.13. The molecule has 1 nitrogen and oxygen atoms in total. The van der Waals surface area contributed by atoms with Gasteiger partial charge in [0.05, 0.1) is 10.7 Å². The number of rotatable bonds is 2. The summed E-state index contributed by atoms with van der Waals surface area (Å²) in [6.07, 6.45) is 6.35. The summed E-state index contributed by atoms with van der Waals surface area (Å²) in [5.41, 5.74) is 1.39. The fraction of sp³-hybridized carbons (Fsp3) is 0.647. The van der Waals surface area contributed by atoms with Crippen LogP contribution < -0.4 is 5.32 Å². The van der Waals surface area contributed by atoms with Gasteiger partial charge in [0.15, 0.2) is 0 Å². The first-order chi connectivity index (χ1) is 9.36. The second kappa shape index (κ2) is 6.58. The molecule has 0 spiro atoms. The molecule has 0 radical (unpaired) electrons. The molecule has 20 heavy (non-hydrogen) atoms. The molecular formula is C17H25Cl2N. The van der Waals surface area contributed by atoms with Crippen LogP contribution in [0.4, 0.5) is 5.69 Å². The van der Waals surface area contributed by atoms with Crippen LogP contribution in [-0.2, 0) is 0 Å². The zero-order valence-corrected chi connectivity index (χ0v) is 14.2. The van der Waals surface area contributed by atoms with Crippen molar-refractivity contribution in [2.45, 2.75) is 58.9 Å². The summed E-state index contributed by atoms with van der Waals surface area (Å²) in [5.74, 6) is 0.823. The first kappa shape index (κ1) is 16.0. The Morgan fingerprint density at radius 3 is 2.50 bits per heavy atom. The Morgan fingerprint density at radius 1 is 1.05 bits per heavy atom. The summed E-state index contributed by atoms with van der Waals surface area (Å²) in [4.78, 5) is 0. The van der Waals surface area contributed by atoms with Gasteiger partial charge in [-0.2, -0.15) is 0 Å². The highest BCUT2D eigenvalue weighted by Crippen LogP contribution is 2.38. The molecule has 0 heterocycles. The Morgan fingerprint density at radius 2 is 1.80 bits per heavy atom. The van der Waals surface area contributed by atoms with Crippen molar-refractivity contribution in [3.8, 4) is 0 Å². The maximum atomic E-state index is 6.24. The predicted molar refractivity (Wildman–Crippen MR) is 89.9 cm³/mol. The molecule has 1 saturated carbocycles. The number of benzene rings is 1. The fourth-order valence-corrected chi connectivity index (χ4v) is 3.48. The highest BCUT2D eigenvalue weighted by atomic mass is 35.5. The van der Waals surface area contributed by atoms with Crippen LogP contribution >= 0.6 is 23.2 Å². The van der Waals surface area contributed by atoms with Crippen molar-refractivity contribution in [1.82, 2.24) is 0 Å². The Balaban J connectivity index is 1.99. The summed E-state index contributed by atoms with van der Waals surface area (Å²) in [7, 11) is 0. The molecule has 0 aromatic heterocycles. The average molecular weight is 314 g/mol. The van der Waals surface area contributed by atoms with Gasteiger partial charge in [0.2, 0.25) is 0 Å². The summed E-state index contributed by atoms with van der Waals surface area (Å²) in [5, 5.41) is 5.08. The minimum Gasteiger partial charge on any atom is -0.381 e. The van der Waals surface area contributed by atoms with Gasteiger partial charge in [0.1, 0.15) is 0 Å². The molecule has 1 aliphatic carbocycles.